The Morgan fingerprint density at radius 3 is 2.89 bits per heavy atom. The molecule has 1 aromatic rings. The van der Waals surface area contributed by atoms with Crippen LogP contribution in [0.2, 0.25) is 0 Å². The van der Waals surface area contributed by atoms with E-state index in [1.165, 1.54) is 32.4 Å². The van der Waals surface area contributed by atoms with E-state index in [0.29, 0.717) is 0 Å². The van der Waals surface area contributed by atoms with Gasteiger partial charge in [-0.05, 0) is 51.4 Å². The molecule has 0 aromatic carbocycles. The topological polar surface area (TPSA) is 31.4 Å². The van der Waals surface area contributed by atoms with E-state index >= 15 is 0 Å². The fourth-order valence-corrected chi connectivity index (χ4v) is 3.23. The molecule has 0 radical (unpaired) electrons. The van der Waals surface area contributed by atoms with Crippen LogP contribution in [0.15, 0.2) is 18.2 Å². The highest BCUT2D eigenvalue weighted by molar-refractivity contribution is 5.47. The smallest absolute Gasteiger partial charge is 0.131 e. The summed E-state index contributed by atoms with van der Waals surface area (Å²) in [6.07, 6.45) is 4.04. The minimum Gasteiger partial charge on any atom is -0.370 e. The first-order valence-corrected chi connectivity index (χ1v) is 7.57. The van der Waals surface area contributed by atoms with Crippen molar-refractivity contribution in [2.24, 2.45) is 0 Å². The molecule has 4 nitrogen and oxygen atoms in total. The molecule has 0 aliphatic carbocycles. The average molecular weight is 260 g/mol. The minimum atomic E-state index is 0.743. The predicted octanol–water partition coefficient (Wildman–Crippen LogP) is 2.19. The Bertz CT molecular complexity index is 414. The normalized spacial score (nSPS) is 24.1. The third kappa shape index (κ3) is 2.84. The molecule has 2 aliphatic rings. The molecule has 19 heavy (non-hydrogen) atoms. The third-order valence-electron chi connectivity index (χ3n) is 4.24. The number of hydrogen-bond donors (Lipinski definition) is 1. The van der Waals surface area contributed by atoms with Crippen LogP contribution in [-0.4, -0.2) is 48.6 Å². The number of likely N-dealkylation sites (tertiary alicyclic amines) is 1. The summed E-state index contributed by atoms with van der Waals surface area (Å²) in [5, 5.41) is 3.29. The molecule has 0 bridgehead atoms. The van der Waals surface area contributed by atoms with Crippen LogP contribution < -0.4 is 10.2 Å². The third-order valence-corrected chi connectivity index (χ3v) is 4.24. The molecule has 104 valence electrons. The number of hydrogen-bond acceptors (Lipinski definition) is 4. The van der Waals surface area contributed by atoms with Crippen LogP contribution in [0, 0.1) is 0 Å². The second kappa shape index (κ2) is 5.78. The van der Waals surface area contributed by atoms with E-state index in [9.17, 15) is 0 Å². The summed E-state index contributed by atoms with van der Waals surface area (Å²) in [7, 11) is 0. The van der Waals surface area contributed by atoms with Crippen LogP contribution in [-0.2, 0) is 0 Å². The number of pyridine rings is 1. The van der Waals surface area contributed by atoms with E-state index in [1.807, 2.05) is 6.07 Å². The molecule has 0 saturated carbocycles. The first kappa shape index (κ1) is 12.7. The molecule has 0 spiro atoms. The molecule has 1 unspecified atom stereocenters. The van der Waals surface area contributed by atoms with Crippen molar-refractivity contribution in [3.05, 3.63) is 18.2 Å². The zero-order valence-corrected chi connectivity index (χ0v) is 11.8. The Kier molecular flexibility index (Phi) is 3.87. The largest absolute Gasteiger partial charge is 0.370 e. The summed E-state index contributed by atoms with van der Waals surface area (Å²) in [6.45, 7) is 7.90. The van der Waals surface area contributed by atoms with Gasteiger partial charge in [-0.3, -0.25) is 4.90 Å². The Hall–Kier alpha value is -1.29. The fraction of sp³-hybridized carbons (Fsp3) is 0.667. The van der Waals surface area contributed by atoms with Gasteiger partial charge in [-0.1, -0.05) is 6.07 Å². The van der Waals surface area contributed by atoms with E-state index in [0.717, 1.165) is 37.3 Å². The van der Waals surface area contributed by atoms with Crippen molar-refractivity contribution in [3.63, 3.8) is 0 Å². The van der Waals surface area contributed by atoms with E-state index in [4.69, 9.17) is 4.98 Å². The standard InChI is InChI=1S/C15H24N4/c1-2-16-14-6-5-7-15(17-14)19-11-8-13(12-19)18-9-3-4-10-18/h5-7,13H,2-4,8-12H2,1H3,(H,16,17). The second-order valence-corrected chi connectivity index (χ2v) is 5.54. The van der Waals surface area contributed by atoms with Gasteiger partial charge in [0.25, 0.3) is 0 Å². The lowest BCUT2D eigenvalue weighted by Gasteiger charge is -2.24. The number of aromatic nitrogens is 1. The lowest BCUT2D eigenvalue weighted by molar-refractivity contribution is 0.260. The van der Waals surface area contributed by atoms with Crippen molar-refractivity contribution in [2.75, 3.05) is 42.9 Å². The van der Waals surface area contributed by atoms with Gasteiger partial charge >= 0.3 is 0 Å². The Labute approximate surface area is 115 Å². The number of nitrogens with zero attached hydrogens (tertiary/aromatic N) is 3. The quantitative estimate of drug-likeness (QED) is 0.899. The van der Waals surface area contributed by atoms with Gasteiger partial charge in [0.15, 0.2) is 0 Å². The molecule has 0 amide bonds. The van der Waals surface area contributed by atoms with Gasteiger partial charge in [0, 0.05) is 25.7 Å². The summed E-state index contributed by atoms with van der Waals surface area (Å²) in [5.41, 5.74) is 0. The van der Waals surface area contributed by atoms with Gasteiger partial charge in [-0.2, -0.15) is 0 Å². The van der Waals surface area contributed by atoms with Crippen LogP contribution in [0.5, 0.6) is 0 Å². The summed E-state index contributed by atoms with van der Waals surface area (Å²) >= 11 is 0. The summed E-state index contributed by atoms with van der Waals surface area (Å²) in [5.74, 6) is 2.12. The van der Waals surface area contributed by atoms with E-state index in [2.05, 4.69) is 34.2 Å². The summed E-state index contributed by atoms with van der Waals surface area (Å²) in [6, 6.07) is 7.02. The fourth-order valence-electron chi connectivity index (χ4n) is 3.23. The van der Waals surface area contributed by atoms with Crippen molar-refractivity contribution in [3.8, 4) is 0 Å². The van der Waals surface area contributed by atoms with Crippen LogP contribution in [0.3, 0.4) is 0 Å². The maximum atomic E-state index is 4.70. The maximum Gasteiger partial charge on any atom is 0.131 e. The zero-order chi connectivity index (χ0) is 13.1. The highest BCUT2D eigenvalue weighted by Crippen LogP contribution is 2.24. The maximum absolute atomic E-state index is 4.70. The minimum absolute atomic E-state index is 0.743. The number of anilines is 2. The van der Waals surface area contributed by atoms with E-state index < -0.39 is 0 Å². The van der Waals surface area contributed by atoms with Crippen molar-refractivity contribution < 1.29 is 0 Å². The van der Waals surface area contributed by atoms with E-state index in [-0.39, 0.29) is 0 Å². The molecule has 2 saturated heterocycles. The molecule has 1 atom stereocenters. The van der Waals surface area contributed by atoms with E-state index in [1.54, 1.807) is 0 Å². The van der Waals surface area contributed by atoms with Crippen molar-refractivity contribution in [2.45, 2.75) is 32.2 Å². The summed E-state index contributed by atoms with van der Waals surface area (Å²) in [4.78, 5) is 9.80. The van der Waals surface area contributed by atoms with Gasteiger partial charge in [0.05, 0.1) is 0 Å². The Balaban J connectivity index is 1.65. The zero-order valence-electron chi connectivity index (χ0n) is 11.8. The van der Waals surface area contributed by atoms with Gasteiger partial charge in [-0.15, -0.1) is 0 Å². The van der Waals surface area contributed by atoms with Gasteiger partial charge in [-0.25, -0.2) is 4.98 Å². The van der Waals surface area contributed by atoms with Crippen molar-refractivity contribution >= 4 is 11.6 Å². The number of nitrogens with one attached hydrogen (secondary N) is 1. The van der Waals surface area contributed by atoms with Gasteiger partial charge < -0.3 is 10.2 Å². The van der Waals surface area contributed by atoms with Gasteiger partial charge in [0.2, 0.25) is 0 Å². The van der Waals surface area contributed by atoms with Crippen molar-refractivity contribution in [1.29, 1.82) is 0 Å². The molecule has 3 rings (SSSR count). The van der Waals surface area contributed by atoms with Gasteiger partial charge in [0.1, 0.15) is 11.6 Å². The SMILES string of the molecule is CCNc1cccc(N2CCC(N3CCCC3)C2)n1. The van der Waals surface area contributed by atoms with Crippen LogP contribution in [0.25, 0.3) is 0 Å². The predicted molar refractivity (Wildman–Crippen MR) is 79.8 cm³/mol. The molecule has 4 heteroatoms. The highest BCUT2D eigenvalue weighted by atomic mass is 15.3. The first-order chi connectivity index (χ1) is 9.36. The first-order valence-electron chi connectivity index (χ1n) is 7.57. The highest BCUT2D eigenvalue weighted by Gasteiger charge is 2.29. The summed E-state index contributed by atoms with van der Waals surface area (Å²) < 4.78 is 0. The average Bonchev–Trinajstić information content (AvgIpc) is 3.11. The van der Waals surface area contributed by atoms with Crippen LogP contribution >= 0.6 is 0 Å². The second-order valence-electron chi connectivity index (χ2n) is 5.54. The number of rotatable bonds is 4. The van der Waals surface area contributed by atoms with Crippen molar-refractivity contribution in [1.82, 2.24) is 9.88 Å². The molecule has 2 aliphatic heterocycles. The Morgan fingerprint density at radius 2 is 2.11 bits per heavy atom. The molecule has 1 N–H and O–H groups in total. The molecular formula is C15H24N4. The molecule has 2 fully saturated rings. The Morgan fingerprint density at radius 1 is 1.26 bits per heavy atom. The van der Waals surface area contributed by atoms with Crippen LogP contribution in [0.4, 0.5) is 11.6 Å². The molecule has 1 aromatic heterocycles. The molecule has 3 heterocycles. The lowest BCUT2D eigenvalue weighted by atomic mass is 10.2. The monoisotopic (exact) mass is 260 g/mol. The van der Waals surface area contributed by atoms with Crippen LogP contribution in [0.1, 0.15) is 26.2 Å². The molecular weight excluding hydrogens is 236 g/mol. The lowest BCUT2D eigenvalue weighted by Crippen LogP contribution is -2.35.